The summed E-state index contributed by atoms with van der Waals surface area (Å²) in [6.45, 7) is 0. The van der Waals surface area contributed by atoms with Crippen molar-refractivity contribution in [1.29, 1.82) is 0 Å². The molecule has 206 valence electrons. The van der Waals surface area contributed by atoms with Gasteiger partial charge in [0.1, 0.15) is 0 Å². The minimum atomic E-state index is 0.856. The van der Waals surface area contributed by atoms with Gasteiger partial charge in [-0.2, -0.15) is 0 Å². The molecular weight excluding hydrogens is 555 g/mol. The molecule has 0 spiro atoms. The zero-order valence-electron chi connectivity index (χ0n) is 23.7. The molecule has 0 bridgehead atoms. The molecule has 0 saturated carbocycles. The molecule has 3 nitrogen and oxygen atoms in total. The molecule has 5 aromatic carbocycles. The van der Waals surface area contributed by atoms with E-state index in [0.717, 1.165) is 33.8 Å². The third-order valence-electron chi connectivity index (χ3n) is 8.51. The first-order valence-electron chi connectivity index (χ1n) is 14.7. The Kier molecular flexibility index (Phi) is 5.68. The van der Waals surface area contributed by atoms with Crippen molar-refractivity contribution < 1.29 is 0 Å². The molecule has 0 radical (unpaired) electrons. The molecule has 0 fully saturated rings. The van der Waals surface area contributed by atoms with Crippen molar-refractivity contribution in [2.45, 2.75) is 0 Å². The van der Waals surface area contributed by atoms with Crippen LogP contribution in [-0.2, 0) is 0 Å². The van der Waals surface area contributed by atoms with E-state index in [4.69, 9.17) is 4.98 Å². The average molecular weight is 580 g/mol. The number of hydrogen-bond acceptors (Lipinski definition) is 3. The molecule has 9 rings (SSSR count). The molecule has 9 aromatic rings. The predicted octanol–water partition coefficient (Wildman–Crippen LogP) is 10.9. The number of pyridine rings is 2. The van der Waals surface area contributed by atoms with E-state index in [1.54, 1.807) is 0 Å². The van der Waals surface area contributed by atoms with E-state index in [-0.39, 0.29) is 0 Å². The molecule has 0 aliphatic heterocycles. The van der Waals surface area contributed by atoms with Crippen LogP contribution < -0.4 is 0 Å². The van der Waals surface area contributed by atoms with Crippen LogP contribution in [0.1, 0.15) is 0 Å². The lowest BCUT2D eigenvalue weighted by Crippen LogP contribution is -1.94. The SMILES string of the molecule is c1ccc(-c2ccnc(-c3cc(-c4cccc(-n5c6ccccc6c6c7sc8ccccc8c7ccc65)c4)ccn3)c2)cc1. The van der Waals surface area contributed by atoms with E-state index < -0.39 is 0 Å². The summed E-state index contributed by atoms with van der Waals surface area (Å²) < 4.78 is 5.08. The Bertz CT molecular complexity index is 2510. The molecular formula is C40H25N3S. The summed E-state index contributed by atoms with van der Waals surface area (Å²) in [5, 5.41) is 5.25. The molecule has 0 unspecified atom stereocenters. The van der Waals surface area contributed by atoms with Gasteiger partial charge in [-0.15, -0.1) is 11.3 Å². The van der Waals surface area contributed by atoms with Gasteiger partial charge in [0.15, 0.2) is 0 Å². The van der Waals surface area contributed by atoms with Gasteiger partial charge in [-0.25, -0.2) is 0 Å². The second kappa shape index (κ2) is 10.0. The van der Waals surface area contributed by atoms with Gasteiger partial charge in [0, 0.05) is 49.0 Å². The van der Waals surface area contributed by atoms with Gasteiger partial charge in [0.2, 0.25) is 0 Å². The Morgan fingerprint density at radius 1 is 0.455 bits per heavy atom. The molecule has 0 atom stereocenters. The van der Waals surface area contributed by atoms with Crippen LogP contribution in [0.3, 0.4) is 0 Å². The van der Waals surface area contributed by atoms with Gasteiger partial charge >= 0.3 is 0 Å². The summed E-state index contributed by atoms with van der Waals surface area (Å²) in [5.41, 5.74) is 9.82. The Balaban J connectivity index is 1.19. The second-order valence-corrected chi connectivity index (χ2v) is 12.1. The third-order valence-corrected chi connectivity index (χ3v) is 9.71. The highest BCUT2D eigenvalue weighted by Gasteiger charge is 2.17. The molecule has 4 heteroatoms. The summed E-state index contributed by atoms with van der Waals surface area (Å²) in [7, 11) is 0. The smallest absolute Gasteiger partial charge is 0.0892 e. The number of hydrogen-bond donors (Lipinski definition) is 0. The van der Waals surface area contributed by atoms with Gasteiger partial charge < -0.3 is 4.57 Å². The molecule has 0 N–H and O–H groups in total. The number of nitrogens with zero attached hydrogens (tertiary/aromatic N) is 3. The first-order valence-corrected chi connectivity index (χ1v) is 15.6. The van der Waals surface area contributed by atoms with Crippen molar-refractivity contribution in [3.05, 3.63) is 152 Å². The van der Waals surface area contributed by atoms with Gasteiger partial charge in [-0.1, -0.05) is 84.9 Å². The average Bonchev–Trinajstić information content (AvgIpc) is 3.65. The Hall–Kier alpha value is -5.58. The molecule has 0 aliphatic rings. The fourth-order valence-corrected chi connectivity index (χ4v) is 7.73. The van der Waals surface area contributed by atoms with Crippen LogP contribution in [0.2, 0.25) is 0 Å². The second-order valence-electron chi connectivity index (χ2n) is 11.1. The highest BCUT2D eigenvalue weighted by Crippen LogP contribution is 2.43. The van der Waals surface area contributed by atoms with Gasteiger partial charge in [-0.05, 0) is 76.9 Å². The fourth-order valence-electron chi connectivity index (χ4n) is 6.47. The molecule has 4 heterocycles. The standard InChI is InChI=1S/C40H25N3S/c1-2-9-26(10-3-1)28-19-21-41-34(24-28)35-25-29(20-22-42-35)27-11-8-12-30(23-27)43-36-15-6-4-14-33(36)39-37(43)18-17-32-31-13-5-7-16-38(31)44-40(32)39/h1-25H. The predicted molar refractivity (Wildman–Crippen MR) is 186 cm³/mol. The number of aromatic nitrogens is 3. The van der Waals surface area contributed by atoms with Crippen molar-refractivity contribution in [1.82, 2.24) is 14.5 Å². The van der Waals surface area contributed by atoms with Gasteiger partial charge in [-0.3, -0.25) is 9.97 Å². The van der Waals surface area contributed by atoms with E-state index >= 15 is 0 Å². The molecule has 4 aromatic heterocycles. The first kappa shape index (κ1) is 25.0. The number of fused-ring (bicyclic) bond motifs is 7. The van der Waals surface area contributed by atoms with E-state index in [1.807, 2.05) is 35.9 Å². The summed E-state index contributed by atoms with van der Waals surface area (Å²) in [5.74, 6) is 0. The van der Waals surface area contributed by atoms with E-state index in [1.165, 1.54) is 47.5 Å². The number of rotatable bonds is 4. The van der Waals surface area contributed by atoms with Crippen LogP contribution in [0.15, 0.2) is 152 Å². The summed E-state index contributed by atoms with van der Waals surface area (Å²) in [6, 6.07) is 49.7. The summed E-state index contributed by atoms with van der Waals surface area (Å²) in [6.07, 6.45) is 3.75. The van der Waals surface area contributed by atoms with Crippen molar-refractivity contribution in [3.8, 4) is 39.3 Å². The maximum absolute atomic E-state index is 4.70. The lowest BCUT2D eigenvalue weighted by molar-refractivity contribution is 1.18. The van der Waals surface area contributed by atoms with Gasteiger partial charge in [0.25, 0.3) is 0 Å². The maximum atomic E-state index is 4.70. The zero-order chi connectivity index (χ0) is 29.0. The topological polar surface area (TPSA) is 30.7 Å². The van der Waals surface area contributed by atoms with Crippen LogP contribution in [0.4, 0.5) is 0 Å². The molecule has 44 heavy (non-hydrogen) atoms. The summed E-state index contributed by atoms with van der Waals surface area (Å²) in [4.78, 5) is 9.38. The molecule has 0 amide bonds. The fraction of sp³-hybridized carbons (Fsp3) is 0. The maximum Gasteiger partial charge on any atom is 0.0892 e. The van der Waals surface area contributed by atoms with E-state index in [9.17, 15) is 0 Å². The summed E-state index contributed by atoms with van der Waals surface area (Å²) >= 11 is 1.89. The van der Waals surface area contributed by atoms with Crippen LogP contribution in [-0.4, -0.2) is 14.5 Å². The number of benzene rings is 5. The monoisotopic (exact) mass is 579 g/mol. The Morgan fingerprint density at radius 2 is 1.11 bits per heavy atom. The quantitative estimate of drug-likeness (QED) is 0.208. The molecule has 0 aliphatic carbocycles. The highest BCUT2D eigenvalue weighted by atomic mass is 32.1. The zero-order valence-corrected chi connectivity index (χ0v) is 24.5. The minimum absolute atomic E-state index is 0.856. The lowest BCUT2D eigenvalue weighted by atomic mass is 10.0. The molecule has 0 saturated heterocycles. The first-order chi connectivity index (χ1) is 21.8. The minimum Gasteiger partial charge on any atom is -0.309 e. The Morgan fingerprint density at radius 3 is 1.93 bits per heavy atom. The van der Waals surface area contributed by atoms with E-state index in [0.29, 0.717) is 0 Å². The number of thiophene rings is 1. The van der Waals surface area contributed by atoms with Gasteiger partial charge in [0.05, 0.1) is 22.4 Å². The van der Waals surface area contributed by atoms with Crippen molar-refractivity contribution in [2.24, 2.45) is 0 Å². The Labute approximate surface area is 258 Å². The van der Waals surface area contributed by atoms with Crippen molar-refractivity contribution in [2.75, 3.05) is 0 Å². The van der Waals surface area contributed by atoms with Crippen LogP contribution >= 0.6 is 11.3 Å². The van der Waals surface area contributed by atoms with Crippen LogP contribution in [0.25, 0.3) is 81.3 Å². The van der Waals surface area contributed by atoms with Crippen LogP contribution in [0.5, 0.6) is 0 Å². The number of para-hydroxylation sites is 1. The van der Waals surface area contributed by atoms with Crippen molar-refractivity contribution in [3.63, 3.8) is 0 Å². The van der Waals surface area contributed by atoms with Crippen LogP contribution in [0, 0.1) is 0 Å². The lowest BCUT2D eigenvalue weighted by Gasteiger charge is -2.11. The van der Waals surface area contributed by atoms with Crippen molar-refractivity contribution >= 4 is 53.3 Å². The third kappa shape index (κ3) is 3.96. The largest absolute Gasteiger partial charge is 0.309 e. The highest BCUT2D eigenvalue weighted by molar-refractivity contribution is 7.26. The normalized spacial score (nSPS) is 11.6. The van der Waals surface area contributed by atoms with E-state index in [2.05, 4.69) is 137 Å².